The third-order valence-electron chi connectivity index (χ3n) is 7.74. The summed E-state index contributed by atoms with van der Waals surface area (Å²) in [5.41, 5.74) is 7.14. The lowest BCUT2D eigenvalue weighted by atomic mass is 9.89. The number of anilines is 2. The Morgan fingerprint density at radius 2 is 1.77 bits per heavy atom. The lowest BCUT2D eigenvalue weighted by molar-refractivity contribution is -0.157. The minimum absolute atomic E-state index is 0.0181. The van der Waals surface area contributed by atoms with Gasteiger partial charge in [0, 0.05) is 35.9 Å². The largest absolute Gasteiger partial charge is 0.479 e. The number of nitrogens with zero attached hydrogens (tertiary/aromatic N) is 1. The van der Waals surface area contributed by atoms with Crippen molar-refractivity contribution in [2.24, 2.45) is 5.41 Å². The highest BCUT2D eigenvalue weighted by atomic mass is 35.5. The van der Waals surface area contributed by atoms with Crippen LogP contribution in [-0.2, 0) is 25.3 Å². The van der Waals surface area contributed by atoms with E-state index in [0.717, 1.165) is 11.3 Å². The first-order valence-corrected chi connectivity index (χ1v) is 18.9. The van der Waals surface area contributed by atoms with Gasteiger partial charge in [-0.2, -0.15) is 4.31 Å². The molecule has 12 heteroatoms. The van der Waals surface area contributed by atoms with Crippen LogP contribution in [0.25, 0.3) is 10.4 Å². The number of carbonyl (C=O) groups excluding carboxylic acids is 2. The molecular formula is C36H48ClN3O6S2. The lowest BCUT2D eigenvalue weighted by Gasteiger charge is -2.45. The summed E-state index contributed by atoms with van der Waals surface area (Å²) in [4.78, 5) is 26.9. The van der Waals surface area contributed by atoms with E-state index in [4.69, 9.17) is 26.8 Å². The van der Waals surface area contributed by atoms with Crippen LogP contribution in [0.2, 0.25) is 5.02 Å². The van der Waals surface area contributed by atoms with Crippen LogP contribution in [0.3, 0.4) is 0 Å². The Labute approximate surface area is 294 Å². The number of sulfonamides is 1. The normalized spacial score (nSPS) is 17.1. The summed E-state index contributed by atoms with van der Waals surface area (Å²) < 4.78 is 39.8. The number of rotatable bonds is 11. The number of esters is 1. The van der Waals surface area contributed by atoms with Crippen LogP contribution < -0.4 is 15.8 Å². The molecule has 1 aliphatic rings. The van der Waals surface area contributed by atoms with Crippen molar-refractivity contribution in [3.05, 3.63) is 64.0 Å². The smallest absolute Gasteiger partial charge is 0.344 e. The molecule has 0 aliphatic carbocycles. The van der Waals surface area contributed by atoms with E-state index in [2.05, 4.69) is 5.32 Å². The number of ether oxygens (including phenoxy) is 2. The topological polar surface area (TPSA) is 128 Å². The molecule has 2 aromatic carbocycles. The number of thiophene rings is 1. The SMILES string of the molecule is CC(C)(C)CC(=O)c1sc(-c2cccc(N[C@H]3CCN(S(=O)(=O)Cc4cccc(N)c4)C(C)(C)C3)c2)c(Cl)c1OCC(=O)OC(C)(C)C. The Morgan fingerprint density at radius 1 is 1.08 bits per heavy atom. The fourth-order valence-electron chi connectivity index (χ4n) is 5.94. The predicted octanol–water partition coefficient (Wildman–Crippen LogP) is 8.18. The van der Waals surface area contributed by atoms with E-state index in [0.29, 0.717) is 40.4 Å². The number of carbonyl (C=O) groups is 2. The maximum Gasteiger partial charge on any atom is 0.344 e. The molecule has 9 nitrogen and oxygen atoms in total. The minimum atomic E-state index is -3.58. The van der Waals surface area contributed by atoms with Gasteiger partial charge in [-0.05, 0) is 88.3 Å². The Kier molecular flexibility index (Phi) is 11.3. The van der Waals surface area contributed by atoms with Crippen LogP contribution in [-0.4, -0.2) is 54.8 Å². The molecule has 1 atom stereocenters. The highest BCUT2D eigenvalue weighted by molar-refractivity contribution is 7.88. The number of halogens is 1. The summed E-state index contributed by atoms with van der Waals surface area (Å²) in [6.07, 6.45) is 1.50. The van der Waals surface area contributed by atoms with Gasteiger partial charge in [0.1, 0.15) is 15.5 Å². The standard InChI is InChI=1S/C36H48ClN3O6S2/c1-34(2,3)20-28(41)33-31(45-21-29(42)46-35(4,5)6)30(37)32(47-33)24-12-10-14-26(18-24)39-27-15-16-40(36(7,8)19-27)48(43,44)22-23-11-9-13-25(38)17-23/h9-14,17-18,27,39H,15-16,19-22,38H2,1-8H3/t27-/m0/s1. The van der Waals surface area contributed by atoms with Crippen molar-refractivity contribution in [3.63, 3.8) is 0 Å². The second-order valence-corrected chi connectivity index (χ2v) is 18.5. The maximum absolute atomic E-state index is 13.5. The van der Waals surface area contributed by atoms with E-state index in [1.807, 2.05) is 58.9 Å². The third kappa shape index (κ3) is 9.96. The second kappa shape index (κ2) is 14.4. The Morgan fingerprint density at radius 3 is 2.40 bits per heavy atom. The van der Waals surface area contributed by atoms with E-state index in [1.165, 1.54) is 11.3 Å². The van der Waals surface area contributed by atoms with Gasteiger partial charge in [-0.1, -0.05) is 56.6 Å². The van der Waals surface area contributed by atoms with E-state index in [1.54, 1.807) is 49.3 Å². The van der Waals surface area contributed by atoms with E-state index in [9.17, 15) is 18.0 Å². The van der Waals surface area contributed by atoms with Gasteiger partial charge in [0.2, 0.25) is 10.0 Å². The maximum atomic E-state index is 13.5. The van der Waals surface area contributed by atoms with Crippen molar-refractivity contribution >= 4 is 56.1 Å². The molecule has 1 aliphatic heterocycles. The fourth-order valence-corrected chi connectivity index (χ4v) is 9.41. The van der Waals surface area contributed by atoms with Crippen molar-refractivity contribution in [1.29, 1.82) is 0 Å². The van der Waals surface area contributed by atoms with E-state index in [-0.39, 0.29) is 46.8 Å². The highest BCUT2D eigenvalue weighted by Crippen LogP contribution is 2.47. The van der Waals surface area contributed by atoms with Crippen LogP contribution in [0.1, 0.15) is 89.9 Å². The number of hydrogen-bond donors (Lipinski definition) is 2. The van der Waals surface area contributed by atoms with Gasteiger partial charge in [0.05, 0.1) is 10.6 Å². The quantitative estimate of drug-likeness (QED) is 0.116. The molecule has 262 valence electrons. The first-order valence-electron chi connectivity index (χ1n) is 16.1. The molecule has 3 aromatic rings. The predicted molar refractivity (Wildman–Crippen MR) is 195 cm³/mol. The van der Waals surface area contributed by atoms with Crippen LogP contribution in [0, 0.1) is 5.41 Å². The summed E-state index contributed by atoms with van der Waals surface area (Å²) in [6, 6.07) is 14.7. The average Bonchev–Trinajstić information content (AvgIpc) is 3.25. The fraction of sp³-hybridized carbons (Fsp3) is 0.500. The zero-order chi connectivity index (χ0) is 35.7. The summed E-state index contributed by atoms with van der Waals surface area (Å²) >= 11 is 8.14. The van der Waals surface area contributed by atoms with Crippen LogP contribution in [0.15, 0.2) is 48.5 Å². The summed E-state index contributed by atoms with van der Waals surface area (Å²) in [7, 11) is -3.58. The van der Waals surface area contributed by atoms with Crippen molar-refractivity contribution in [2.45, 2.75) is 97.6 Å². The molecule has 48 heavy (non-hydrogen) atoms. The van der Waals surface area contributed by atoms with Crippen LogP contribution in [0.5, 0.6) is 5.75 Å². The van der Waals surface area contributed by atoms with Gasteiger partial charge in [-0.3, -0.25) is 4.79 Å². The monoisotopic (exact) mass is 717 g/mol. The lowest BCUT2D eigenvalue weighted by Crippen LogP contribution is -2.55. The second-order valence-electron chi connectivity index (χ2n) is 15.2. The van der Waals surface area contributed by atoms with E-state index < -0.39 is 27.1 Å². The molecule has 3 N–H and O–H groups in total. The molecule has 0 spiro atoms. The number of ketones is 1. The summed E-state index contributed by atoms with van der Waals surface area (Å²) in [5, 5.41) is 3.86. The molecule has 1 aromatic heterocycles. The van der Waals surface area contributed by atoms with Gasteiger partial charge in [-0.25, -0.2) is 13.2 Å². The molecule has 0 radical (unpaired) electrons. The molecule has 1 fully saturated rings. The first-order chi connectivity index (χ1) is 22.1. The number of nitrogens with one attached hydrogen (secondary N) is 1. The Bertz CT molecular complexity index is 1760. The molecule has 1 saturated heterocycles. The third-order valence-corrected chi connectivity index (χ3v) is 11.5. The zero-order valence-electron chi connectivity index (χ0n) is 29.1. The van der Waals surface area contributed by atoms with Crippen LogP contribution >= 0.6 is 22.9 Å². The number of nitrogen functional groups attached to an aromatic ring is 1. The van der Waals surface area contributed by atoms with Gasteiger partial charge >= 0.3 is 5.97 Å². The van der Waals surface area contributed by atoms with Crippen molar-refractivity contribution < 1.29 is 27.5 Å². The average molecular weight is 718 g/mol. The Hall–Kier alpha value is -3.12. The van der Waals surface area contributed by atoms with Crippen molar-refractivity contribution in [3.8, 4) is 16.2 Å². The highest BCUT2D eigenvalue weighted by Gasteiger charge is 2.41. The number of piperidine rings is 1. The van der Waals surface area contributed by atoms with E-state index >= 15 is 0 Å². The molecule has 0 amide bonds. The zero-order valence-corrected chi connectivity index (χ0v) is 31.5. The number of Topliss-reactive ketones (excluding diaryl/α,β-unsaturated/α-hetero) is 1. The Balaban J connectivity index is 1.53. The molecule has 4 rings (SSSR count). The van der Waals surface area contributed by atoms with Gasteiger partial charge in [0.15, 0.2) is 18.1 Å². The van der Waals surface area contributed by atoms with Crippen molar-refractivity contribution in [1.82, 2.24) is 4.31 Å². The first kappa shape index (κ1) is 37.7. The molecular weight excluding hydrogens is 670 g/mol. The summed E-state index contributed by atoms with van der Waals surface area (Å²) in [6.45, 7) is 15.2. The van der Waals surface area contributed by atoms with Gasteiger partial charge in [-0.15, -0.1) is 11.3 Å². The number of nitrogens with two attached hydrogens (primary N) is 1. The molecule has 0 saturated carbocycles. The summed E-state index contributed by atoms with van der Waals surface area (Å²) in [5.74, 6) is -0.594. The van der Waals surface area contributed by atoms with Gasteiger partial charge < -0.3 is 20.5 Å². The molecule has 2 heterocycles. The van der Waals surface area contributed by atoms with Crippen molar-refractivity contribution in [2.75, 3.05) is 24.2 Å². The van der Waals surface area contributed by atoms with Gasteiger partial charge in [0.25, 0.3) is 0 Å². The number of benzene rings is 2. The van der Waals surface area contributed by atoms with Crippen LogP contribution in [0.4, 0.5) is 11.4 Å². The molecule has 0 unspecified atom stereocenters. The molecule has 0 bridgehead atoms. The number of hydrogen-bond acceptors (Lipinski definition) is 9. The minimum Gasteiger partial charge on any atom is -0.479 e.